The fourth-order valence-corrected chi connectivity index (χ4v) is 3.36. The van der Waals surface area contributed by atoms with E-state index in [9.17, 15) is 0 Å². The zero-order valence-electron chi connectivity index (χ0n) is 12.0. The summed E-state index contributed by atoms with van der Waals surface area (Å²) in [5, 5.41) is 11.2. The predicted octanol–water partition coefficient (Wildman–Crippen LogP) is 4.09. The third kappa shape index (κ3) is 3.51. The zero-order valence-corrected chi connectivity index (χ0v) is 13.6. The van der Waals surface area contributed by atoms with E-state index in [1.165, 1.54) is 5.56 Å². The Balaban J connectivity index is 1.67. The van der Waals surface area contributed by atoms with Crippen molar-refractivity contribution in [2.45, 2.75) is 31.2 Å². The largest absolute Gasteiger partial charge is 0.258 e. The lowest BCUT2D eigenvalue weighted by Gasteiger charge is -1.98. The van der Waals surface area contributed by atoms with Crippen LogP contribution in [0.2, 0.25) is 0 Å². The first-order valence-corrected chi connectivity index (χ1v) is 8.66. The molecule has 0 spiro atoms. The van der Waals surface area contributed by atoms with Crippen molar-refractivity contribution >= 4 is 23.1 Å². The first-order valence-electron chi connectivity index (χ1n) is 6.80. The number of benzene rings is 1. The average Bonchev–Trinajstić information content (AvgIpc) is 3.14. The molecule has 0 aliphatic carbocycles. The van der Waals surface area contributed by atoms with E-state index in [0.29, 0.717) is 0 Å². The van der Waals surface area contributed by atoms with Crippen molar-refractivity contribution in [3.8, 4) is 11.4 Å². The molecular weight excluding hydrogens is 300 g/mol. The van der Waals surface area contributed by atoms with Crippen LogP contribution in [-0.2, 0) is 12.2 Å². The van der Waals surface area contributed by atoms with E-state index in [1.807, 2.05) is 6.92 Å². The van der Waals surface area contributed by atoms with E-state index in [1.54, 1.807) is 23.1 Å². The third-order valence-corrected chi connectivity index (χ3v) is 4.82. The summed E-state index contributed by atoms with van der Waals surface area (Å²) in [5.74, 6) is 1.62. The quantitative estimate of drug-likeness (QED) is 0.720. The van der Waals surface area contributed by atoms with E-state index in [4.69, 9.17) is 0 Å². The second-order valence-electron chi connectivity index (χ2n) is 4.66. The lowest BCUT2D eigenvalue weighted by molar-refractivity contribution is 0.972. The predicted molar refractivity (Wildman–Crippen MR) is 87.6 cm³/mol. The summed E-state index contributed by atoms with van der Waals surface area (Å²) in [7, 11) is 0. The van der Waals surface area contributed by atoms with Gasteiger partial charge in [-0.15, -0.1) is 16.4 Å². The molecule has 108 valence electrons. The Morgan fingerprint density at radius 1 is 1.19 bits per heavy atom. The van der Waals surface area contributed by atoms with E-state index >= 15 is 0 Å². The molecule has 6 heteroatoms. The molecule has 3 aromatic rings. The van der Waals surface area contributed by atoms with Gasteiger partial charge in [0.05, 0.1) is 10.7 Å². The minimum atomic E-state index is 0.759. The maximum Gasteiger partial charge on any atom is 0.209 e. The van der Waals surface area contributed by atoms with E-state index in [2.05, 4.69) is 56.7 Å². The number of hydrogen-bond acceptors (Lipinski definition) is 5. The molecule has 4 nitrogen and oxygen atoms in total. The molecule has 0 aliphatic heterocycles. The third-order valence-electron chi connectivity index (χ3n) is 3.12. The summed E-state index contributed by atoms with van der Waals surface area (Å²) in [4.78, 5) is 8.97. The molecule has 21 heavy (non-hydrogen) atoms. The number of rotatable bonds is 5. The standard InChI is InChI=1S/C15H16N4S2/c1-3-11-4-6-12(7-5-11)14-17-15(19-18-14)21-9-13-8-20-10(2)16-13/h4-8H,3,9H2,1-2H3,(H,17,18,19). The van der Waals surface area contributed by atoms with Gasteiger partial charge >= 0.3 is 0 Å². The SMILES string of the molecule is CCc1ccc(-c2nc(SCc3csc(C)n3)n[nH]2)cc1. The van der Waals surface area contributed by atoms with Gasteiger partial charge in [0.1, 0.15) is 0 Å². The smallest absolute Gasteiger partial charge is 0.209 e. The highest BCUT2D eigenvalue weighted by atomic mass is 32.2. The van der Waals surface area contributed by atoms with Gasteiger partial charge in [-0.25, -0.2) is 9.97 Å². The van der Waals surface area contributed by atoms with Gasteiger partial charge in [0.15, 0.2) is 5.82 Å². The normalized spacial score (nSPS) is 11.0. The molecule has 0 aliphatic rings. The van der Waals surface area contributed by atoms with Gasteiger partial charge in [0.2, 0.25) is 5.16 Å². The van der Waals surface area contributed by atoms with Gasteiger partial charge in [0.25, 0.3) is 0 Å². The molecule has 0 fully saturated rings. The summed E-state index contributed by atoms with van der Waals surface area (Å²) in [5.41, 5.74) is 3.48. The van der Waals surface area contributed by atoms with Crippen molar-refractivity contribution in [2.24, 2.45) is 0 Å². The van der Waals surface area contributed by atoms with Crippen LogP contribution in [0.3, 0.4) is 0 Å². The lowest BCUT2D eigenvalue weighted by Crippen LogP contribution is -1.84. The molecule has 0 amide bonds. The van der Waals surface area contributed by atoms with Crippen molar-refractivity contribution in [3.05, 3.63) is 45.9 Å². The fraction of sp³-hybridized carbons (Fsp3) is 0.267. The van der Waals surface area contributed by atoms with Gasteiger partial charge in [0, 0.05) is 16.7 Å². The van der Waals surface area contributed by atoms with Crippen molar-refractivity contribution in [1.82, 2.24) is 20.2 Å². The summed E-state index contributed by atoms with van der Waals surface area (Å²) in [6.45, 7) is 4.17. The summed E-state index contributed by atoms with van der Waals surface area (Å²) in [6.07, 6.45) is 1.05. The van der Waals surface area contributed by atoms with Crippen LogP contribution in [0.1, 0.15) is 23.2 Å². The number of hydrogen-bond donors (Lipinski definition) is 1. The second kappa shape index (κ2) is 6.41. The van der Waals surface area contributed by atoms with Crippen LogP contribution in [0.25, 0.3) is 11.4 Å². The highest BCUT2D eigenvalue weighted by molar-refractivity contribution is 7.98. The summed E-state index contributed by atoms with van der Waals surface area (Å²) in [6, 6.07) is 8.42. The van der Waals surface area contributed by atoms with Gasteiger partial charge in [-0.3, -0.25) is 5.10 Å². The van der Waals surface area contributed by atoms with Crippen LogP contribution in [0, 0.1) is 6.92 Å². The number of aryl methyl sites for hydroxylation is 2. The maximum absolute atomic E-state index is 4.53. The van der Waals surface area contributed by atoms with Crippen LogP contribution < -0.4 is 0 Å². The molecule has 3 rings (SSSR count). The number of nitrogens with one attached hydrogen (secondary N) is 1. The molecule has 0 radical (unpaired) electrons. The number of aromatic nitrogens is 4. The molecule has 0 saturated heterocycles. The highest BCUT2D eigenvalue weighted by Gasteiger charge is 2.07. The Bertz CT molecular complexity index is 715. The lowest BCUT2D eigenvalue weighted by atomic mass is 10.1. The minimum Gasteiger partial charge on any atom is -0.258 e. The summed E-state index contributed by atoms with van der Waals surface area (Å²) < 4.78 is 0. The van der Waals surface area contributed by atoms with Crippen LogP contribution in [0.5, 0.6) is 0 Å². The minimum absolute atomic E-state index is 0.759. The van der Waals surface area contributed by atoms with Gasteiger partial charge in [-0.1, -0.05) is 43.0 Å². The van der Waals surface area contributed by atoms with Crippen LogP contribution in [0.15, 0.2) is 34.8 Å². The molecule has 1 aromatic carbocycles. The molecule has 0 atom stereocenters. The van der Waals surface area contributed by atoms with Gasteiger partial charge < -0.3 is 0 Å². The van der Waals surface area contributed by atoms with E-state index < -0.39 is 0 Å². The van der Waals surface area contributed by atoms with Gasteiger partial charge in [-0.05, 0) is 18.9 Å². The Morgan fingerprint density at radius 2 is 2.00 bits per heavy atom. The highest BCUT2D eigenvalue weighted by Crippen LogP contribution is 2.23. The van der Waals surface area contributed by atoms with Crippen molar-refractivity contribution in [1.29, 1.82) is 0 Å². The van der Waals surface area contributed by atoms with Crippen molar-refractivity contribution in [2.75, 3.05) is 0 Å². The number of H-pyrrole nitrogens is 1. The summed E-state index contributed by atoms with van der Waals surface area (Å²) >= 11 is 3.27. The Kier molecular flexibility index (Phi) is 4.36. The molecule has 0 saturated carbocycles. The fourth-order valence-electron chi connectivity index (χ4n) is 1.95. The van der Waals surface area contributed by atoms with E-state index in [0.717, 1.165) is 39.4 Å². The molecule has 0 bridgehead atoms. The first-order chi connectivity index (χ1) is 10.2. The molecular formula is C15H16N4S2. The number of nitrogens with zero attached hydrogens (tertiary/aromatic N) is 3. The van der Waals surface area contributed by atoms with E-state index in [-0.39, 0.29) is 0 Å². The van der Waals surface area contributed by atoms with Crippen LogP contribution in [-0.4, -0.2) is 20.2 Å². The van der Waals surface area contributed by atoms with Crippen LogP contribution in [0.4, 0.5) is 0 Å². The van der Waals surface area contributed by atoms with Gasteiger partial charge in [-0.2, -0.15) is 0 Å². The van der Waals surface area contributed by atoms with Crippen LogP contribution >= 0.6 is 23.1 Å². The number of thioether (sulfide) groups is 1. The monoisotopic (exact) mass is 316 g/mol. The average molecular weight is 316 g/mol. The molecule has 0 unspecified atom stereocenters. The topological polar surface area (TPSA) is 54.5 Å². The van der Waals surface area contributed by atoms with Crippen molar-refractivity contribution in [3.63, 3.8) is 0 Å². The number of aromatic amines is 1. The maximum atomic E-state index is 4.53. The Labute approximate surface area is 132 Å². The molecule has 2 aromatic heterocycles. The second-order valence-corrected chi connectivity index (χ2v) is 6.67. The first kappa shape index (κ1) is 14.3. The Hall–Kier alpha value is -1.66. The zero-order chi connectivity index (χ0) is 14.7. The molecule has 1 N–H and O–H groups in total. The Morgan fingerprint density at radius 3 is 2.67 bits per heavy atom. The molecule has 2 heterocycles. The van der Waals surface area contributed by atoms with Crippen molar-refractivity contribution < 1.29 is 0 Å². The number of thiazole rings is 1.